The van der Waals surface area contributed by atoms with E-state index in [9.17, 15) is 4.79 Å². The highest BCUT2D eigenvalue weighted by molar-refractivity contribution is 6.33. The van der Waals surface area contributed by atoms with Gasteiger partial charge < -0.3 is 15.0 Å². The number of aromatic nitrogens is 1. The van der Waals surface area contributed by atoms with E-state index in [0.717, 1.165) is 38.1 Å². The third kappa shape index (κ3) is 5.10. The third-order valence-corrected chi connectivity index (χ3v) is 4.78. The van der Waals surface area contributed by atoms with E-state index in [1.165, 1.54) is 0 Å². The van der Waals surface area contributed by atoms with Crippen molar-refractivity contribution in [1.29, 1.82) is 0 Å². The molecule has 0 atom stereocenters. The van der Waals surface area contributed by atoms with Crippen LogP contribution >= 0.6 is 11.6 Å². The molecule has 0 bridgehead atoms. The Morgan fingerprint density at radius 3 is 2.76 bits per heavy atom. The van der Waals surface area contributed by atoms with Gasteiger partial charge in [0.25, 0.3) is 0 Å². The lowest BCUT2D eigenvalue weighted by molar-refractivity contribution is 0.170. The number of likely N-dealkylation sites (tertiary alicyclic amines) is 1. The number of amides is 2. The van der Waals surface area contributed by atoms with Crippen LogP contribution in [0.3, 0.4) is 0 Å². The topological polar surface area (TPSA) is 54.5 Å². The number of pyridine rings is 1. The summed E-state index contributed by atoms with van der Waals surface area (Å²) in [5.74, 6) is 1.39. The van der Waals surface area contributed by atoms with Crippen LogP contribution in [0.15, 0.2) is 48.8 Å². The van der Waals surface area contributed by atoms with Crippen molar-refractivity contribution in [1.82, 2.24) is 9.88 Å². The minimum atomic E-state index is -0.0850. The molecular formula is C19H22ClN3O2. The molecule has 1 aromatic carbocycles. The number of ether oxygens (including phenoxy) is 1. The van der Waals surface area contributed by atoms with Crippen molar-refractivity contribution in [2.45, 2.75) is 19.3 Å². The number of carbonyl (C=O) groups is 1. The first kappa shape index (κ1) is 17.5. The van der Waals surface area contributed by atoms with Gasteiger partial charge >= 0.3 is 6.03 Å². The summed E-state index contributed by atoms with van der Waals surface area (Å²) in [6.45, 7) is 2.20. The van der Waals surface area contributed by atoms with Crippen molar-refractivity contribution < 1.29 is 9.53 Å². The number of hydrogen-bond donors (Lipinski definition) is 1. The lowest BCUT2D eigenvalue weighted by Gasteiger charge is -2.32. The average molecular weight is 360 g/mol. The molecule has 0 spiro atoms. The fourth-order valence-corrected chi connectivity index (χ4v) is 3.14. The number of benzene rings is 1. The molecule has 2 amide bonds. The van der Waals surface area contributed by atoms with Crippen LogP contribution in [0.2, 0.25) is 5.02 Å². The monoisotopic (exact) mass is 359 g/mol. The Hall–Kier alpha value is -2.27. The van der Waals surface area contributed by atoms with E-state index in [1.54, 1.807) is 18.5 Å². The van der Waals surface area contributed by atoms with Gasteiger partial charge in [-0.2, -0.15) is 0 Å². The lowest BCUT2D eigenvalue weighted by Crippen LogP contribution is -2.41. The molecule has 0 unspecified atom stereocenters. The van der Waals surface area contributed by atoms with E-state index < -0.39 is 0 Å². The molecule has 6 heteroatoms. The van der Waals surface area contributed by atoms with Crippen LogP contribution in [0.5, 0.6) is 5.75 Å². The number of urea groups is 1. The number of halogens is 1. The van der Waals surface area contributed by atoms with E-state index in [2.05, 4.69) is 10.3 Å². The molecule has 1 saturated heterocycles. The SMILES string of the molecule is O=C(Nc1ccccc1Cl)N1CCC(CCOc2cccnc2)CC1. The number of nitrogens with one attached hydrogen (secondary N) is 1. The predicted molar refractivity (Wildman–Crippen MR) is 99.1 cm³/mol. The van der Waals surface area contributed by atoms with Crippen LogP contribution in [-0.4, -0.2) is 35.6 Å². The first-order valence-electron chi connectivity index (χ1n) is 8.55. The first-order valence-corrected chi connectivity index (χ1v) is 8.93. The minimum Gasteiger partial charge on any atom is -0.492 e. The van der Waals surface area contributed by atoms with Crippen LogP contribution in [-0.2, 0) is 0 Å². The standard InChI is InChI=1S/C19H22ClN3O2/c20-17-5-1-2-6-18(17)22-19(24)23-11-7-15(8-12-23)9-13-25-16-4-3-10-21-14-16/h1-6,10,14-15H,7-9,11-13H2,(H,22,24). The molecule has 0 saturated carbocycles. The van der Waals surface area contributed by atoms with E-state index in [0.29, 0.717) is 23.2 Å². The second kappa shape index (κ2) is 8.72. The molecule has 0 aliphatic carbocycles. The summed E-state index contributed by atoms with van der Waals surface area (Å²) >= 11 is 6.09. The summed E-state index contributed by atoms with van der Waals surface area (Å²) in [6.07, 6.45) is 6.44. The lowest BCUT2D eigenvalue weighted by atomic mass is 9.94. The second-order valence-corrected chi connectivity index (χ2v) is 6.57. The van der Waals surface area contributed by atoms with Gasteiger partial charge in [0.2, 0.25) is 0 Å². The van der Waals surface area contributed by atoms with Crippen LogP contribution in [0.25, 0.3) is 0 Å². The fraction of sp³-hybridized carbons (Fsp3) is 0.368. The van der Waals surface area contributed by atoms with E-state index in [4.69, 9.17) is 16.3 Å². The number of rotatable bonds is 5. The van der Waals surface area contributed by atoms with Crippen molar-refractivity contribution in [2.75, 3.05) is 25.0 Å². The molecule has 132 valence electrons. The molecule has 1 aliphatic heterocycles. The van der Waals surface area contributed by atoms with Gasteiger partial charge in [0.1, 0.15) is 5.75 Å². The van der Waals surface area contributed by atoms with E-state index in [-0.39, 0.29) is 6.03 Å². The summed E-state index contributed by atoms with van der Waals surface area (Å²) < 4.78 is 5.71. The summed E-state index contributed by atoms with van der Waals surface area (Å²) in [5.41, 5.74) is 0.654. The van der Waals surface area contributed by atoms with Crippen LogP contribution in [0.1, 0.15) is 19.3 Å². The molecule has 1 aliphatic rings. The number of carbonyl (C=O) groups excluding carboxylic acids is 1. The number of para-hydroxylation sites is 1. The Morgan fingerprint density at radius 1 is 1.24 bits per heavy atom. The van der Waals surface area contributed by atoms with Gasteiger partial charge in [0.15, 0.2) is 0 Å². The van der Waals surface area contributed by atoms with Gasteiger partial charge in [-0.05, 0) is 49.4 Å². The van der Waals surface area contributed by atoms with Gasteiger partial charge in [0.05, 0.1) is 23.5 Å². The maximum absolute atomic E-state index is 12.3. The van der Waals surface area contributed by atoms with Crippen LogP contribution < -0.4 is 10.1 Å². The highest BCUT2D eigenvalue weighted by Gasteiger charge is 2.23. The minimum absolute atomic E-state index is 0.0850. The molecule has 1 N–H and O–H groups in total. The summed E-state index contributed by atoms with van der Waals surface area (Å²) in [7, 11) is 0. The largest absolute Gasteiger partial charge is 0.492 e. The zero-order valence-corrected chi connectivity index (χ0v) is 14.8. The molecule has 0 radical (unpaired) electrons. The fourth-order valence-electron chi connectivity index (χ4n) is 2.96. The molecular weight excluding hydrogens is 338 g/mol. The highest BCUT2D eigenvalue weighted by Crippen LogP contribution is 2.24. The molecule has 1 aromatic heterocycles. The van der Waals surface area contributed by atoms with E-state index in [1.807, 2.05) is 35.2 Å². The second-order valence-electron chi connectivity index (χ2n) is 6.17. The van der Waals surface area contributed by atoms with Crippen molar-refractivity contribution in [3.8, 4) is 5.75 Å². The average Bonchev–Trinajstić information content (AvgIpc) is 2.65. The van der Waals surface area contributed by atoms with Gasteiger partial charge in [-0.25, -0.2) is 4.79 Å². The maximum atomic E-state index is 12.3. The third-order valence-electron chi connectivity index (χ3n) is 4.45. The van der Waals surface area contributed by atoms with E-state index >= 15 is 0 Å². The van der Waals surface area contributed by atoms with Crippen LogP contribution in [0.4, 0.5) is 10.5 Å². The van der Waals surface area contributed by atoms with Gasteiger partial charge in [-0.3, -0.25) is 4.98 Å². The zero-order valence-electron chi connectivity index (χ0n) is 14.0. The Labute approximate surface area is 153 Å². The predicted octanol–water partition coefficient (Wildman–Crippen LogP) is 4.45. The number of piperidine rings is 1. The Kier molecular flexibility index (Phi) is 6.12. The Balaban J connectivity index is 1.39. The van der Waals surface area contributed by atoms with Crippen LogP contribution in [0, 0.1) is 5.92 Å². The molecule has 5 nitrogen and oxygen atoms in total. The van der Waals surface area contributed by atoms with Crippen molar-refractivity contribution in [2.24, 2.45) is 5.92 Å². The molecule has 3 rings (SSSR count). The Morgan fingerprint density at radius 2 is 2.04 bits per heavy atom. The van der Waals surface area contributed by atoms with Crippen molar-refractivity contribution >= 4 is 23.3 Å². The van der Waals surface area contributed by atoms with Crippen molar-refractivity contribution in [3.63, 3.8) is 0 Å². The first-order chi connectivity index (χ1) is 12.2. The Bertz CT molecular complexity index is 688. The summed E-state index contributed by atoms with van der Waals surface area (Å²) in [5, 5.41) is 3.44. The molecule has 25 heavy (non-hydrogen) atoms. The van der Waals surface area contributed by atoms with Crippen molar-refractivity contribution in [3.05, 3.63) is 53.8 Å². The molecule has 1 fully saturated rings. The van der Waals surface area contributed by atoms with Gasteiger partial charge in [0, 0.05) is 19.3 Å². The molecule has 2 aromatic rings. The quantitative estimate of drug-likeness (QED) is 0.858. The molecule has 2 heterocycles. The number of nitrogens with zero attached hydrogens (tertiary/aromatic N) is 2. The number of hydrogen-bond acceptors (Lipinski definition) is 3. The highest BCUT2D eigenvalue weighted by atomic mass is 35.5. The van der Waals surface area contributed by atoms with Gasteiger partial charge in [-0.15, -0.1) is 0 Å². The normalized spacial score (nSPS) is 15.0. The maximum Gasteiger partial charge on any atom is 0.321 e. The number of anilines is 1. The smallest absolute Gasteiger partial charge is 0.321 e. The van der Waals surface area contributed by atoms with Gasteiger partial charge in [-0.1, -0.05) is 23.7 Å². The summed E-state index contributed by atoms with van der Waals surface area (Å²) in [4.78, 5) is 18.2. The zero-order chi connectivity index (χ0) is 17.5. The summed E-state index contributed by atoms with van der Waals surface area (Å²) in [6, 6.07) is 11.0.